The number of rotatable bonds is 2. The zero-order valence-corrected chi connectivity index (χ0v) is 20.1. The average Bonchev–Trinajstić information content (AvgIpc) is 3.17. The molecule has 5 heteroatoms. The maximum Gasteiger partial charge on any atom is 0.494 e. The van der Waals surface area contributed by atoms with Crippen molar-refractivity contribution in [3.8, 4) is 5.69 Å². The Morgan fingerprint density at radius 3 is 2.19 bits per heavy atom. The number of nitrogens with zero attached hydrogens (tertiary/aromatic N) is 2. The van der Waals surface area contributed by atoms with Crippen LogP contribution >= 0.6 is 0 Å². The maximum absolute atomic E-state index is 6.42. The highest BCUT2D eigenvalue weighted by Crippen LogP contribution is 2.37. The van der Waals surface area contributed by atoms with Crippen molar-refractivity contribution in [1.29, 1.82) is 0 Å². The van der Waals surface area contributed by atoms with Gasteiger partial charge in [0.15, 0.2) is 0 Å². The Morgan fingerprint density at radius 1 is 0.844 bits per heavy atom. The fourth-order valence-electron chi connectivity index (χ4n) is 4.37. The van der Waals surface area contributed by atoms with Crippen molar-refractivity contribution in [1.82, 2.24) is 9.55 Å². The molecule has 0 unspecified atom stereocenters. The van der Waals surface area contributed by atoms with Gasteiger partial charge in [-0.3, -0.25) is 4.57 Å². The average molecular weight is 426 g/mol. The Kier molecular flexibility index (Phi) is 4.60. The monoisotopic (exact) mass is 426 g/mol. The van der Waals surface area contributed by atoms with Gasteiger partial charge in [0.05, 0.1) is 16.7 Å². The highest BCUT2D eigenvalue weighted by Gasteiger charge is 2.51. The van der Waals surface area contributed by atoms with Crippen LogP contribution in [-0.2, 0) is 14.7 Å². The van der Waals surface area contributed by atoms with E-state index in [1.165, 1.54) is 10.9 Å². The number of benzene rings is 2. The lowest BCUT2D eigenvalue weighted by molar-refractivity contribution is 0.00578. The number of aromatic nitrogens is 2. The van der Waals surface area contributed by atoms with Crippen molar-refractivity contribution < 1.29 is 9.31 Å². The summed E-state index contributed by atoms with van der Waals surface area (Å²) >= 11 is 0. The van der Waals surface area contributed by atoms with Crippen LogP contribution in [0.2, 0.25) is 0 Å². The zero-order valence-electron chi connectivity index (χ0n) is 20.1. The molecule has 32 heavy (non-hydrogen) atoms. The molecule has 1 fully saturated rings. The number of para-hydroxylation sites is 1. The Balaban J connectivity index is 1.77. The van der Waals surface area contributed by atoms with Gasteiger partial charge in [0.25, 0.3) is 0 Å². The molecule has 1 aliphatic heterocycles. The SMILES string of the molecule is CC(C)(C)c1cc(B2OC(C)(C)C(C)(C)O2)cc(-n2c3ccccc3c3cccnc32)c1. The predicted octanol–water partition coefficient (Wildman–Crippen LogP) is 5.78. The van der Waals surface area contributed by atoms with Crippen molar-refractivity contribution in [3.05, 3.63) is 66.4 Å². The second-order valence-electron chi connectivity index (χ2n) is 10.9. The molecule has 2 aromatic heterocycles. The van der Waals surface area contributed by atoms with Crippen LogP contribution in [0.5, 0.6) is 0 Å². The molecular weight excluding hydrogens is 395 g/mol. The molecule has 0 atom stereocenters. The summed E-state index contributed by atoms with van der Waals surface area (Å²) in [6, 6.07) is 19.3. The van der Waals surface area contributed by atoms with Crippen LogP contribution in [0.3, 0.4) is 0 Å². The van der Waals surface area contributed by atoms with Crippen molar-refractivity contribution >= 4 is 34.5 Å². The van der Waals surface area contributed by atoms with E-state index in [-0.39, 0.29) is 16.6 Å². The van der Waals surface area contributed by atoms with Gasteiger partial charge in [-0.15, -0.1) is 0 Å². The van der Waals surface area contributed by atoms with E-state index >= 15 is 0 Å². The quantitative estimate of drug-likeness (QED) is 0.382. The van der Waals surface area contributed by atoms with Gasteiger partial charge in [0.2, 0.25) is 0 Å². The standard InChI is InChI=1S/C27H31BN2O2/c1-25(2,3)18-15-19(28-31-26(4,5)27(6,7)32-28)17-20(16-18)30-23-13-9-8-11-21(23)22-12-10-14-29-24(22)30/h8-17H,1-7H3. The summed E-state index contributed by atoms with van der Waals surface area (Å²) in [5.74, 6) is 0. The Labute approximate surface area is 190 Å². The molecule has 0 amide bonds. The largest absolute Gasteiger partial charge is 0.494 e. The van der Waals surface area contributed by atoms with Gasteiger partial charge >= 0.3 is 7.12 Å². The lowest BCUT2D eigenvalue weighted by Gasteiger charge is -2.32. The fraction of sp³-hybridized carbons (Fsp3) is 0.370. The van der Waals surface area contributed by atoms with E-state index in [1.54, 1.807) is 0 Å². The first-order valence-corrected chi connectivity index (χ1v) is 11.3. The third-order valence-electron chi connectivity index (χ3n) is 7.02. The van der Waals surface area contributed by atoms with Gasteiger partial charge in [-0.05, 0) is 74.5 Å². The van der Waals surface area contributed by atoms with Gasteiger partial charge in [0, 0.05) is 22.7 Å². The van der Waals surface area contributed by atoms with Crippen molar-refractivity contribution in [2.45, 2.75) is 65.1 Å². The van der Waals surface area contributed by atoms with Gasteiger partial charge < -0.3 is 9.31 Å². The third-order valence-corrected chi connectivity index (χ3v) is 7.02. The predicted molar refractivity (Wildman–Crippen MR) is 133 cm³/mol. The number of fused-ring (bicyclic) bond motifs is 3. The Morgan fingerprint density at radius 2 is 1.50 bits per heavy atom. The lowest BCUT2D eigenvalue weighted by atomic mass is 9.75. The summed E-state index contributed by atoms with van der Waals surface area (Å²) in [6.07, 6.45) is 1.86. The lowest BCUT2D eigenvalue weighted by Crippen LogP contribution is -2.41. The van der Waals surface area contributed by atoms with E-state index in [4.69, 9.17) is 14.3 Å². The molecule has 0 saturated carbocycles. The highest BCUT2D eigenvalue weighted by atomic mass is 16.7. The normalized spacial score (nSPS) is 18.0. The van der Waals surface area contributed by atoms with Gasteiger partial charge in [-0.1, -0.05) is 45.0 Å². The summed E-state index contributed by atoms with van der Waals surface area (Å²) in [5.41, 5.74) is 4.66. The molecule has 0 bridgehead atoms. The van der Waals surface area contributed by atoms with Crippen LogP contribution in [0.15, 0.2) is 60.8 Å². The molecule has 2 aromatic carbocycles. The van der Waals surface area contributed by atoms with E-state index in [0.29, 0.717) is 0 Å². The van der Waals surface area contributed by atoms with Crippen molar-refractivity contribution in [2.24, 2.45) is 0 Å². The van der Waals surface area contributed by atoms with Crippen molar-refractivity contribution in [3.63, 3.8) is 0 Å². The molecular formula is C27H31BN2O2. The molecule has 0 aliphatic carbocycles. The number of pyridine rings is 1. The summed E-state index contributed by atoms with van der Waals surface area (Å²) < 4.78 is 15.1. The summed E-state index contributed by atoms with van der Waals surface area (Å²) in [7, 11) is -0.415. The van der Waals surface area contributed by atoms with E-state index < -0.39 is 7.12 Å². The van der Waals surface area contributed by atoms with Crippen LogP contribution in [0.4, 0.5) is 0 Å². The first-order chi connectivity index (χ1) is 15.0. The van der Waals surface area contributed by atoms with Crippen LogP contribution < -0.4 is 5.46 Å². The van der Waals surface area contributed by atoms with Gasteiger partial charge in [-0.2, -0.15) is 0 Å². The van der Waals surface area contributed by atoms with Crippen LogP contribution in [0.1, 0.15) is 54.0 Å². The minimum Gasteiger partial charge on any atom is -0.399 e. The van der Waals surface area contributed by atoms with Crippen LogP contribution in [-0.4, -0.2) is 27.9 Å². The zero-order chi connectivity index (χ0) is 22.9. The molecule has 0 radical (unpaired) electrons. The smallest absolute Gasteiger partial charge is 0.399 e. The molecule has 1 saturated heterocycles. The fourth-order valence-corrected chi connectivity index (χ4v) is 4.37. The molecule has 164 valence electrons. The second kappa shape index (κ2) is 6.93. The summed E-state index contributed by atoms with van der Waals surface area (Å²) in [5, 5.41) is 2.36. The molecule has 4 nitrogen and oxygen atoms in total. The van der Waals surface area contributed by atoms with Crippen LogP contribution in [0, 0.1) is 0 Å². The van der Waals surface area contributed by atoms with E-state index in [1.807, 2.05) is 12.3 Å². The topological polar surface area (TPSA) is 36.3 Å². The maximum atomic E-state index is 6.42. The molecule has 0 spiro atoms. The summed E-state index contributed by atoms with van der Waals surface area (Å²) in [4.78, 5) is 4.76. The number of hydrogen-bond donors (Lipinski definition) is 0. The van der Waals surface area contributed by atoms with E-state index in [9.17, 15) is 0 Å². The minimum atomic E-state index is -0.415. The Hall–Kier alpha value is -2.63. The third kappa shape index (κ3) is 3.26. The highest BCUT2D eigenvalue weighted by molar-refractivity contribution is 6.62. The van der Waals surface area contributed by atoms with Gasteiger partial charge in [-0.25, -0.2) is 4.98 Å². The second-order valence-corrected chi connectivity index (χ2v) is 10.9. The first-order valence-electron chi connectivity index (χ1n) is 11.3. The minimum absolute atomic E-state index is 0.0272. The Bertz CT molecular complexity index is 1260. The van der Waals surface area contributed by atoms with E-state index in [0.717, 1.165) is 27.7 Å². The van der Waals surface area contributed by atoms with Crippen LogP contribution in [0.25, 0.3) is 27.6 Å². The van der Waals surface area contributed by atoms with E-state index in [2.05, 4.69) is 102 Å². The molecule has 3 heterocycles. The number of hydrogen-bond acceptors (Lipinski definition) is 3. The molecule has 4 aromatic rings. The molecule has 1 aliphatic rings. The first kappa shape index (κ1) is 21.2. The molecule has 0 N–H and O–H groups in total. The summed E-state index contributed by atoms with van der Waals surface area (Å²) in [6.45, 7) is 15.1. The van der Waals surface area contributed by atoms with Gasteiger partial charge in [0.1, 0.15) is 5.65 Å². The van der Waals surface area contributed by atoms with Crippen molar-refractivity contribution in [2.75, 3.05) is 0 Å². The molecule has 5 rings (SSSR count).